The Labute approximate surface area is 238 Å². The zero-order valence-electron chi connectivity index (χ0n) is 22.1. The first-order valence-corrected chi connectivity index (χ1v) is 15.2. The van der Waals surface area contributed by atoms with Gasteiger partial charge in [0, 0.05) is 51.6 Å². The highest BCUT2D eigenvalue weighted by atomic mass is 35.5. The van der Waals surface area contributed by atoms with Crippen molar-refractivity contribution in [1.29, 1.82) is 0 Å². The maximum atomic E-state index is 6.39. The van der Waals surface area contributed by atoms with E-state index in [0.717, 1.165) is 79.6 Å². The van der Waals surface area contributed by atoms with Gasteiger partial charge in [-0.3, -0.25) is 4.98 Å². The van der Waals surface area contributed by atoms with Crippen LogP contribution in [-0.4, -0.2) is 46.0 Å². The van der Waals surface area contributed by atoms with Crippen LogP contribution in [0.15, 0.2) is 66.9 Å². The summed E-state index contributed by atoms with van der Waals surface area (Å²) in [6.45, 7) is 2.12. The van der Waals surface area contributed by atoms with Gasteiger partial charge >= 0.3 is 0 Å². The zero-order chi connectivity index (χ0) is 26.3. The minimum Gasteiger partial charge on any atom is -0.369 e. The SMILES string of the molecule is CN1CC(CCNc2nc(-c3ccc(-c4cccc5cccnc45)s3)nc3cc(Cl)ccc23)C2CCCCC21. The summed E-state index contributed by atoms with van der Waals surface area (Å²) in [6.07, 6.45) is 8.53. The molecule has 5 aromatic rings. The van der Waals surface area contributed by atoms with Gasteiger partial charge in [-0.15, -0.1) is 11.3 Å². The molecular formula is C32H32ClN5S. The van der Waals surface area contributed by atoms with E-state index in [1.165, 1.54) is 32.2 Å². The van der Waals surface area contributed by atoms with Crippen LogP contribution < -0.4 is 5.32 Å². The molecule has 0 radical (unpaired) electrons. The van der Waals surface area contributed by atoms with Gasteiger partial charge in [0.15, 0.2) is 5.82 Å². The summed E-state index contributed by atoms with van der Waals surface area (Å²) in [7, 11) is 2.31. The number of rotatable bonds is 6. The molecule has 1 saturated heterocycles. The summed E-state index contributed by atoms with van der Waals surface area (Å²) in [5.41, 5.74) is 3.01. The molecule has 1 saturated carbocycles. The molecule has 0 spiro atoms. The summed E-state index contributed by atoms with van der Waals surface area (Å²) in [6, 6.07) is 21.4. The summed E-state index contributed by atoms with van der Waals surface area (Å²) in [5, 5.41) is 6.53. The van der Waals surface area contributed by atoms with Crippen LogP contribution in [0.25, 0.3) is 42.9 Å². The predicted molar refractivity (Wildman–Crippen MR) is 164 cm³/mol. The van der Waals surface area contributed by atoms with Gasteiger partial charge < -0.3 is 10.2 Å². The Balaban J connectivity index is 1.17. The molecule has 39 heavy (non-hydrogen) atoms. The number of thiophene rings is 1. The molecule has 2 aromatic carbocycles. The Morgan fingerprint density at radius 3 is 2.82 bits per heavy atom. The van der Waals surface area contributed by atoms with E-state index < -0.39 is 0 Å². The van der Waals surface area contributed by atoms with Crippen molar-refractivity contribution in [2.45, 2.75) is 38.1 Å². The lowest BCUT2D eigenvalue weighted by Crippen LogP contribution is -2.32. The first-order valence-electron chi connectivity index (χ1n) is 14.0. The van der Waals surface area contributed by atoms with E-state index in [2.05, 4.69) is 58.6 Å². The highest BCUT2D eigenvalue weighted by Gasteiger charge is 2.40. The van der Waals surface area contributed by atoms with Crippen LogP contribution >= 0.6 is 22.9 Å². The number of anilines is 1. The number of halogens is 1. The second-order valence-electron chi connectivity index (χ2n) is 11.0. The Morgan fingerprint density at radius 2 is 1.87 bits per heavy atom. The minimum atomic E-state index is 0.684. The Kier molecular flexibility index (Phi) is 6.71. The van der Waals surface area contributed by atoms with Crippen LogP contribution in [0.4, 0.5) is 5.82 Å². The molecule has 0 amide bonds. The lowest BCUT2D eigenvalue weighted by atomic mass is 9.78. The van der Waals surface area contributed by atoms with E-state index in [9.17, 15) is 0 Å². The molecule has 3 unspecified atom stereocenters. The topological polar surface area (TPSA) is 53.9 Å². The van der Waals surface area contributed by atoms with Crippen LogP contribution in [0, 0.1) is 11.8 Å². The van der Waals surface area contributed by atoms with E-state index >= 15 is 0 Å². The number of para-hydroxylation sites is 1. The third-order valence-electron chi connectivity index (χ3n) is 8.67. The molecule has 1 aliphatic carbocycles. The van der Waals surface area contributed by atoms with Crippen LogP contribution in [0.2, 0.25) is 5.02 Å². The van der Waals surface area contributed by atoms with E-state index in [-0.39, 0.29) is 0 Å². The number of aromatic nitrogens is 3. The quantitative estimate of drug-likeness (QED) is 0.230. The molecule has 5 nitrogen and oxygen atoms in total. The van der Waals surface area contributed by atoms with Gasteiger partial charge in [-0.25, -0.2) is 9.97 Å². The molecule has 3 atom stereocenters. The number of fused-ring (bicyclic) bond motifs is 3. The number of likely N-dealkylation sites (tertiary alicyclic amines) is 1. The Bertz CT molecular complexity index is 1640. The molecular weight excluding hydrogens is 522 g/mol. The van der Waals surface area contributed by atoms with Gasteiger partial charge in [0.25, 0.3) is 0 Å². The second kappa shape index (κ2) is 10.5. The zero-order valence-corrected chi connectivity index (χ0v) is 23.7. The highest BCUT2D eigenvalue weighted by molar-refractivity contribution is 7.18. The molecule has 0 bridgehead atoms. The molecule has 4 heterocycles. The average molecular weight is 554 g/mol. The second-order valence-corrected chi connectivity index (χ2v) is 12.6. The van der Waals surface area contributed by atoms with Crippen molar-refractivity contribution in [2.75, 3.05) is 25.5 Å². The van der Waals surface area contributed by atoms with E-state index in [1.54, 1.807) is 11.3 Å². The van der Waals surface area contributed by atoms with E-state index in [4.69, 9.17) is 21.6 Å². The Hall–Kier alpha value is -3.06. The summed E-state index contributed by atoms with van der Waals surface area (Å²) in [5.74, 6) is 3.21. The predicted octanol–water partition coefficient (Wildman–Crippen LogP) is 8.15. The summed E-state index contributed by atoms with van der Waals surface area (Å²) >= 11 is 8.09. The number of nitrogens with zero attached hydrogens (tertiary/aromatic N) is 4. The fourth-order valence-corrected chi connectivity index (χ4v) is 7.95. The largest absolute Gasteiger partial charge is 0.369 e. The normalized spacial score (nSPS) is 21.4. The number of benzene rings is 2. The lowest BCUT2D eigenvalue weighted by molar-refractivity contribution is 0.205. The maximum Gasteiger partial charge on any atom is 0.172 e. The maximum absolute atomic E-state index is 6.39. The molecule has 2 fully saturated rings. The van der Waals surface area contributed by atoms with Gasteiger partial charge in [0.1, 0.15) is 5.82 Å². The van der Waals surface area contributed by atoms with Crippen molar-refractivity contribution < 1.29 is 0 Å². The number of nitrogens with one attached hydrogen (secondary N) is 1. The van der Waals surface area contributed by atoms with Crippen LogP contribution in [-0.2, 0) is 0 Å². The van der Waals surface area contributed by atoms with Crippen LogP contribution in [0.5, 0.6) is 0 Å². The number of hydrogen-bond donors (Lipinski definition) is 1. The van der Waals surface area contributed by atoms with Gasteiger partial charge in [0.05, 0.1) is 15.9 Å². The van der Waals surface area contributed by atoms with Gasteiger partial charge in [-0.2, -0.15) is 0 Å². The lowest BCUT2D eigenvalue weighted by Gasteiger charge is -2.31. The third-order valence-corrected chi connectivity index (χ3v) is 10.0. The van der Waals surface area contributed by atoms with Gasteiger partial charge in [0.2, 0.25) is 0 Å². The van der Waals surface area contributed by atoms with Crippen molar-refractivity contribution in [3.05, 3.63) is 71.9 Å². The first kappa shape index (κ1) is 24.9. The van der Waals surface area contributed by atoms with E-state index in [0.29, 0.717) is 5.02 Å². The summed E-state index contributed by atoms with van der Waals surface area (Å²) in [4.78, 5) is 19.4. The Morgan fingerprint density at radius 1 is 1.00 bits per heavy atom. The highest BCUT2D eigenvalue weighted by Crippen LogP contribution is 2.41. The fraction of sp³-hybridized carbons (Fsp3) is 0.344. The smallest absolute Gasteiger partial charge is 0.172 e. The number of pyridine rings is 1. The van der Waals surface area contributed by atoms with Crippen molar-refractivity contribution in [2.24, 2.45) is 11.8 Å². The van der Waals surface area contributed by atoms with Crippen molar-refractivity contribution in [3.63, 3.8) is 0 Å². The third kappa shape index (κ3) is 4.79. The molecule has 3 aromatic heterocycles. The molecule has 198 valence electrons. The standard InChI is InChI=1S/C32H32ClN5S/c1-38-19-21(23-8-2-3-10-27(23)38)15-17-35-31-24-12-11-22(33)18-26(24)36-32(37-31)29-14-13-28(39-29)25-9-4-6-20-7-5-16-34-30(20)25/h4-7,9,11-14,16,18,21,23,27H,2-3,8,10,15,17,19H2,1H3,(H,35,36,37). The fourth-order valence-electron chi connectivity index (χ4n) is 6.81. The van der Waals surface area contributed by atoms with Crippen molar-refractivity contribution in [3.8, 4) is 21.1 Å². The molecule has 1 N–H and O–H groups in total. The average Bonchev–Trinajstić information content (AvgIpc) is 3.58. The molecule has 7 heteroatoms. The van der Waals surface area contributed by atoms with Crippen LogP contribution in [0.1, 0.15) is 32.1 Å². The monoisotopic (exact) mass is 553 g/mol. The molecule has 1 aliphatic heterocycles. The van der Waals surface area contributed by atoms with Gasteiger partial charge in [-0.1, -0.05) is 48.7 Å². The molecule has 7 rings (SSSR count). The molecule has 2 aliphatic rings. The van der Waals surface area contributed by atoms with Gasteiger partial charge in [-0.05, 0) is 74.5 Å². The first-order chi connectivity index (χ1) is 19.1. The van der Waals surface area contributed by atoms with Crippen molar-refractivity contribution >= 4 is 50.6 Å². The van der Waals surface area contributed by atoms with Crippen LogP contribution in [0.3, 0.4) is 0 Å². The summed E-state index contributed by atoms with van der Waals surface area (Å²) < 4.78 is 0. The minimum absolute atomic E-state index is 0.684. The van der Waals surface area contributed by atoms with Crippen molar-refractivity contribution in [1.82, 2.24) is 19.9 Å². The van der Waals surface area contributed by atoms with E-state index in [1.807, 2.05) is 30.5 Å². The number of hydrogen-bond acceptors (Lipinski definition) is 6.